The van der Waals surface area contributed by atoms with E-state index in [2.05, 4.69) is 10.2 Å². The van der Waals surface area contributed by atoms with E-state index >= 15 is 0 Å². The smallest absolute Gasteiger partial charge is 0.153 e. The van der Waals surface area contributed by atoms with Crippen LogP contribution < -0.4 is 5.73 Å². The van der Waals surface area contributed by atoms with Gasteiger partial charge in [-0.2, -0.15) is 5.10 Å². The van der Waals surface area contributed by atoms with Crippen LogP contribution >= 0.6 is 0 Å². The van der Waals surface area contributed by atoms with Crippen LogP contribution in [0.25, 0.3) is 5.57 Å². The molecule has 0 radical (unpaired) electrons. The Kier molecular flexibility index (Phi) is 1.96. The maximum Gasteiger partial charge on any atom is 0.153 e. The molecule has 0 atom stereocenters. The number of rotatable bonds is 1. The number of allylic oxidation sites excluding steroid dienone is 2. The van der Waals surface area contributed by atoms with E-state index in [0.717, 1.165) is 11.1 Å². The third kappa shape index (κ3) is 1.51. The summed E-state index contributed by atoms with van der Waals surface area (Å²) in [6.07, 6.45) is 7.08. The second kappa shape index (κ2) is 3.26. The van der Waals surface area contributed by atoms with Crippen molar-refractivity contribution < 1.29 is 4.74 Å². The normalized spacial score (nSPS) is 14.9. The van der Waals surface area contributed by atoms with Gasteiger partial charge in [0.25, 0.3) is 0 Å². The molecule has 0 saturated carbocycles. The molecule has 0 bridgehead atoms. The van der Waals surface area contributed by atoms with E-state index in [1.54, 1.807) is 12.5 Å². The van der Waals surface area contributed by atoms with Crippen molar-refractivity contribution in [3.8, 4) is 0 Å². The molecule has 0 unspecified atom stereocenters. The van der Waals surface area contributed by atoms with Gasteiger partial charge in [-0.05, 0) is 23.8 Å². The summed E-state index contributed by atoms with van der Waals surface area (Å²) in [5.41, 5.74) is 7.59. The minimum absolute atomic E-state index is 0.445. The lowest BCUT2D eigenvalue weighted by atomic mass is 10.1. The van der Waals surface area contributed by atoms with Crippen molar-refractivity contribution in [1.29, 1.82) is 0 Å². The average Bonchev–Trinajstić information content (AvgIpc) is 2.20. The molecule has 66 valence electrons. The van der Waals surface area contributed by atoms with Crippen molar-refractivity contribution in [2.45, 2.75) is 0 Å². The Hall–Kier alpha value is -1.84. The second-order valence-electron chi connectivity index (χ2n) is 2.63. The van der Waals surface area contributed by atoms with Crippen molar-refractivity contribution >= 4 is 11.4 Å². The molecule has 0 fully saturated rings. The van der Waals surface area contributed by atoms with Crippen molar-refractivity contribution in [3.63, 3.8) is 0 Å². The Bertz CT molecular complexity index is 371. The number of anilines is 1. The number of nitrogens with two attached hydrogens (primary N) is 1. The standard InChI is InChI=1S/C9H9N3O/c10-9-8(1-4-11-12-9)7-2-5-13-6-3-7/h1-5H,6H2,(H2,10,12). The highest BCUT2D eigenvalue weighted by Gasteiger charge is 2.05. The number of hydrogen-bond acceptors (Lipinski definition) is 4. The maximum atomic E-state index is 5.66. The molecule has 13 heavy (non-hydrogen) atoms. The zero-order valence-electron chi connectivity index (χ0n) is 6.97. The number of nitrogens with zero attached hydrogens (tertiary/aromatic N) is 2. The lowest BCUT2D eigenvalue weighted by Gasteiger charge is -2.08. The molecule has 0 spiro atoms. The first kappa shape index (κ1) is 7.79. The third-order valence-electron chi connectivity index (χ3n) is 1.80. The minimum Gasteiger partial charge on any atom is -0.497 e. The van der Waals surface area contributed by atoms with Crippen LogP contribution in [0.4, 0.5) is 5.82 Å². The van der Waals surface area contributed by atoms with Gasteiger partial charge in [0.1, 0.15) is 6.61 Å². The van der Waals surface area contributed by atoms with E-state index < -0.39 is 0 Å². The Morgan fingerprint density at radius 1 is 1.46 bits per heavy atom. The Morgan fingerprint density at radius 2 is 2.38 bits per heavy atom. The molecule has 2 rings (SSSR count). The van der Waals surface area contributed by atoms with Gasteiger partial charge >= 0.3 is 0 Å². The number of nitrogen functional groups attached to an aromatic ring is 1. The van der Waals surface area contributed by atoms with E-state index in [1.807, 2.05) is 18.2 Å². The van der Waals surface area contributed by atoms with Gasteiger partial charge in [0.05, 0.1) is 12.5 Å². The predicted octanol–water partition coefficient (Wildman–Crippen LogP) is 0.986. The first-order valence-corrected chi connectivity index (χ1v) is 3.94. The highest BCUT2D eigenvalue weighted by molar-refractivity contribution is 5.79. The van der Waals surface area contributed by atoms with Crippen molar-refractivity contribution in [3.05, 3.63) is 36.2 Å². The summed E-state index contributed by atoms with van der Waals surface area (Å²) in [4.78, 5) is 0. The monoisotopic (exact) mass is 175 g/mol. The molecule has 4 nitrogen and oxygen atoms in total. The van der Waals surface area contributed by atoms with Gasteiger partial charge in [-0.3, -0.25) is 0 Å². The molecule has 0 saturated heterocycles. The minimum atomic E-state index is 0.445. The van der Waals surface area contributed by atoms with Gasteiger partial charge in [-0.1, -0.05) is 0 Å². The van der Waals surface area contributed by atoms with Crippen LogP contribution in [0.2, 0.25) is 0 Å². The zero-order chi connectivity index (χ0) is 9.10. The van der Waals surface area contributed by atoms with Gasteiger partial charge in [0.15, 0.2) is 5.82 Å². The highest BCUT2D eigenvalue weighted by atomic mass is 16.5. The summed E-state index contributed by atoms with van der Waals surface area (Å²) in [6, 6.07) is 1.84. The molecular formula is C9H9N3O. The van der Waals surface area contributed by atoms with Gasteiger partial charge < -0.3 is 10.5 Å². The van der Waals surface area contributed by atoms with Crippen molar-refractivity contribution in [2.75, 3.05) is 12.3 Å². The van der Waals surface area contributed by atoms with Crippen LogP contribution in [-0.2, 0) is 4.74 Å². The van der Waals surface area contributed by atoms with Gasteiger partial charge in [0, 0.05) is 5.56 Å². The van der Waals surface area contributed by atoms with E-state index in [0.29, 0.717) is 12.4 Å². The first-order valence-electron chi connectivity index (χ1n) is 3.94. The van der Waals surface area contributed by atoms with Crippen LogP contribution in [0.15, 0.2) is 30.7 Å². The molecule has 1 aromatic heterocycles. The molecule has 2 N–H and O–H groups in total. The quantitative estimate of drug-likeness (QED) is 0.691. The van der Waals surface area contributed by atoms with Crippen LogP contribution in [0, 0.1) is 0 Å². The van der Waals surface area contributed by atoms with E-state index in [1.165, 1.54) is 0 Å². The SMILES string of the molecule is Nc1nnccc1C1=CCOC=C1. The molecule has 1 aromatic rings. The molecule has 4 heteroatoms. The second-order valence-corrected chi connectivity index (χ2v) is 2.63. The number of aromatic nitrogens is 2. The van der Waals surface area contributed by atoms with Gasteiger partial charge in [-0.25, -0.2) is 0 Å². The van der Waals surface area contributed by atoms with Crippen LogP contribution in [0.5, 0.6) is 0 Å². The van der Waals surface area contributed by atoms with Gasteiger partial charge in [0.2, 0.25) is 0 Å². The third-order valence-corrected chi connectivity index (χ3v) is 1.80. The zero-order valence-corrected chi connectivity index (χ0v) is 6.97. The molecule has 1 aliphatic rings. The van der Waals surface area contributed by atoms with Crippen LogP contribution in [0.1, 0.15) is 5.56 Å². The predicted molar refractivity (Wildman–Crippen MR) is 49.5 cm³/mol. The molecular weight excluding hydrogens is 166 g/mol. The van der Waals surface area contributed by atoms with Crippen molar-refractivity contribution in [1.82, 2.24) is 10.2 Å². The topological polar surface area (TPSA) is 61.0 Å². The van der Waals surface area contributed by atoms with Gasteiger partial charge in [-0.15, -0.1) is 5.10 Å². The molecule has 2 heterocycles. The van der Waals surface area contributed by atoms with E-state index in [-0.39, 0.29) is 0 Å². The van der Waals surface area contributed by atoms with E-state index in [9.17, 15) is 0 Å². The van der Waals surface area contributed by atoms with Crippen LogP contribution in [0.3, 0.4) is 0 Å². The Morgan fingerprint density at radius 3 is 3.08 bits per heavy atom. The molecule has 0 amide bonds. The lowest BCUT2D eigenvalue weighted by Crippen LogP contribution is -2.00. The summed E-state index contributed by atoms with van der Waals surface area (Å²) in [5.74, 6) is 0.445. The summed E-state index contributed by atoms with van der Waals surface area (Å²) in [5, 5.41) is 7.45. The summed E-state index contributed by atoms with van der Waals surface area (Å²) in [7, 11) is 0. The number of ether oxygens (including phenoxy) is 1. The number of hydrogen-bond donors (Lipinski definition) is 1. The summed E-state index contributed by atoms with van der Waals surface area (Å²) >= 11 is 0. The highest BCUT2D eigenvalue weighted by Crippen LogP contribution is 2.21. The van der Waals surface area contributed by atoms with Crippen molar-refractivity contribution in [2.24, 2.45) is 0 Å². The fourth-order valence-electron chi connectivity index (χ4n) is 1.17. The molecule has 0 aromatic carbocycles. The maximum absolute atomic E-state index is 5.66. The Balaban J connectivity index is 2.40. The van der Waals surface area contributed by atoms with E-state index in [4.69, 9.17) is 10.5 Å². The fraction of sp³-hybridized carbons (Fsp3) is 0.111. The average molecular weight is 175 g/mol. The summed E-state index contributed by atoms with van der Waals surface area (Å²) < 4.78 is 5.03. The molecule has 1 aliphatic heterocycles. The largest absolute Gasteiger partial charge is 0.497 e. The Labute approximate surface area is 75.7 Å². The molecule has 0 aliphatic carbocycles. The van der Waals surface area contributed by atoms with Crippen LogP contribution in [-0.4, -0.2) is 16.8 Å². The lowest BCUT2D eigenvalue weighted by molar-refractivity contribution is 0.287. The first-order chi connectivity index (χ1) is 6.38. The fourth-order valence-corrected chi connectivity index (χ4v) is 1.17. The summed E-state index contributed by atoms with van der Waals surface area (Å²) in [6.45, 7) is 0.577.